The molecule has 0 heterocycles. The van der Waals surface area contributed by atoms with Crippen molar-refractivity contribution in [3.05, 3.63) is 70.3 Å². The third-order valence-corrected chi connectivity index (χ3v) is 5.00. The second-order valence-corrected chi connectivity index (χ2v) is 8.29. The van der Waals surface area contributed by atoms with E-state index in [0.29, 0.717) is 0 Å². The lowest BCUT2D eigenvalue weighted by molar-refractivity contribution is 0.566. The molecule has 1 aliphatic rings. The van der Waals surface area contributed by atoms with Crippen molar-refractivity contribution in [2.75, 3.05) is 0 Å². The average Bonchev–Trinajstić information content (AvgIpc) is 2.44. The molecule has 1 aliphatic carbocycles. The summed E-state index contributed by atoms with van der Waals surface area (Å²) < 4.78 is 0. The third-order valence-electron chi connectivity index (χ3n) is 5.00. The first-order valence-electron chi connectivity index (χ1n) is 8.89. The second kappa shape index (κ2) is 6.59. The molecule has 0 amide bonds. The van der Waals surface area contributed by atoms with Crippen LogP contribution in [0.2, 0.25) is 0 Å². The van der Waals surface area contributed by atoms with E-state index >= 15 is 0 Å². The van der Waals surface area contributed by atoms with Crippen LogP contribution in [0.25, 0.3) is 11.1 Å². The minimum atomic E-state index is 0.143. The first-order chi connectivity index (χ1) is 11.1. The molecule has 24 heavy (non-hydrogen) atoms. The molecule has 128 valence electrons. The molecule has 0 saturated carbocycles. The number of rotatable bonds is 3. The largest absolute Gasteiger partial charge is 0.0998 e. The monoisotopic (exact) mass is 320 g/mol. The standard InChI is InChI=1S/C24H32/c1-10-23(24(7,8)9)21-14-22-18(6)20(11-15(2)3)16(4)12-19(22)13-17(21)5/h10,13-14H,2,4,11-12H2,1,3,5-9H3/b23-10+. The van der Waals surface area contributed by atoms with Crippen LogP contribution < -0.4 is 0 Å². The Morgan fingerprint density at radius 1 is 1.21 bits per heavy atom. The fraction of sp³-hybridized carbons (Fsp3) is 0.417. The summed E-state index contributed by atoms with van der Waals surface area (Å²) in [6, 6.07) is 4.78. The zero-order valence-corrected chi connectivity index (χ0v) is 16.6. The molecule has 0 atom stereocenters. The van der Waals surface area contributed by atoms with Gasteiger partial charge in [-0.2, -0.15) is 0 Å². The molecular formula is C24H32. The van der Waals surface area contributed by atoms with Crippen molar-refractivity contribution in [2.24, 2.45) is 5.41 Å². The van der Waals surface area contributed by atoms with E-state index in [9.17, 15) is 0 Å². The maximum absolute atomic E-state index is 4.33. The van der Waals surface area contributed by atoms with Gasteiger partial charge in [0, 0.05) is 0 Å². The summed E-state index contributed by atoms with van der Waals surface area (Å²) in [5.74, 6) is 0. The Bertz CT molecular complexity index is 758. The lowest BCUT2D eigenvalue weighted by Gasteiger charge is -2.29. The van der Waals surface area contributed by atoms with Gasteiger partial charge in [0.25, 0.3) is 0 Å². The number of aryl methyl sites for hydroxylation is 1. The highest BCUT2D eigenvalue weighted by Crippen LogP contribution is 2.41. The van der Waals surface area contributed by atoms with Gasteiger partial charge < -0.3 is 0 Å². The SMILES string of the molecule is C=C(C)CC1=C(C)c2cc(/C(=C\C)C(C)(C)C)c(C)cc2CC1=C. The van der Waals surface area contributed by atoms with Crippen molar-refractivity contribution in [2.45, 2.75) is 61.3 Å². The van der Waals surface area contributed by atoms with E-state index in [1.807, 2.05) is 0 Å². The maximum atomic E-state index is 4.33. The maximum Gasteiger partial charge on any atom is -0.00225 e. The van der Waals surface area contributed by atoms with Crippen LogP contribution in [0.5, 0.6) is 0 Å². The van der Waals surface area contributed by atoms with Crippen molar-refractivity contribution >= 4 is 11.1 Å². The first kappa shape index (κ1) is 18.5. The third kappa shape index (κ3) is 3.48. The van der Waals surface area contributed by atoms with Crippen LogP contribution in [0.3, 0.4) is 0 Å². The molecule has 0 heteroatoms. The predicted octanol–water partition coefficient (Wildman–Crippen LogP) is 7.30. The molecule has 0 radical (unpaired) electrons. The lowest BCUT2D eigenvalue weighted by Crippen LogP contribution is -2.12. The van der Waals surface area contributed by atoms with Crippen LogP contribution in [0.1, 0.15) is 70.2 Å². The number of hydrogen-bond acceptors (Lipinski definition) is 0. The predicted molar refractivity (Wildman–Crippen MR) is 109 cm³/mol. The highest BCUT2D eigenvalue weighted by molar-refractivity contribution is 5.81. The zero-order chi connectivity index (χ0) is 18.2. The minimum absolute atomic E-state index is 0.143. The normalized spacial score (nSPS) is 15.6. The molecule has 0 bridgehead atoms. The molecule has 0 unspecified atom stereocenters. The summed E-state index contributed by atoms with van der Waals surface area (Å²) in [5, 5.41) is 0. The molecular weight excluding hydrogens is 288 g/mol. The van der Waals surface area contributed by atoms with Crippen molar-refractivity contribution < 1.29 is 0 Å². The van der Waals surface area contributed by atoms with Crippen molar-refractivity contribution in [1.82, 2.24) is 0 Å². The van der Waals surface area contributed by atoms with Crippen molar-refractivity contribution in [3.63, 3.8) is 0 Å². The Hall–Kier alpha value is -1.82. The Morgan fingerprint density at radius 2 is 1.83 bits per heavy atom. The smallest absolute Gasteiger partial charge is 0.00225 e. The number of fused-ring (bicyclic) bond motifs is 1. The zero-order valence-electron chi connectivity index (χ0n) is 16.6. The van der Waals surface area contributed by atoms with Gasteiger partial charge in [-0.05, 0) is 96.6 Å². The summed E-state index contributed by atoms with van der Waals surface area (Å²) in [7, 11) is 0. The molecule has 2 rings (SSSR count). The van der Waals surface area contributed by atoms with Gasteiger partial charge in [0.1, 0.15) is 0 Å². The summed E-state index contributed by atoms with van der Waals surface area (Å²) in [5.41, 5.74) is 12.3. The quantitative estimate of drug-likeness (QED) is 0.513. The highest BCUT2D eigenvalue weighted by Gasteiger charge is 2.24. The van der Waals surface area contributed by atoms with E-state index in [2.05, 4.69) is 79.8 Å². The molecule has 0 nitrogen and oxygen atoms in total. The van der Waals surface area contributed by atoms with Gasteiger partial charge in [0.15, 0.2) is 0 Å². The van der Waals surface area contributed by atoms with Crippen LogP contribution in [0, 0.1) is 12.3 Å². The summed E-state index contributed by atoms with van der Waals surface area (Å²) in [6.07, 6.45) is 4.16. The Balaban J connectivity index is 2.67. The lowest BCUT2D eigenvalue weighted by atomic mass is 9.76. The van der Waals surface area contributed by atoms with Crippen LogP contribution in [-0.2, 0) is 6.42 Å². The number of allylic oxidation sites excluding steroid dienone is 6. The molecule has 0 saturated heterocycles. The summed E-state index contributed by atoms with van der Waals surface area (Å²) in [4.78, 5) is 0. The summed E-state index contributed by atoms with van der Waals surface area (Å²) >= 11 is 0. The number of hydrogen-bond donors (Lipinski definition) is 0. The van der Waals surface area contributed by atoms with Crippen LogP contribution >= 0.6 is 0 Å². The number of benzene rings is 1. The van der Waals surface area contributed by atoms with Gasteiger partial charge in [-0.25, -0.2) is 0 Å². The van der Waals surface area contributed by atoms with E-state index in [-0.39, 0.29) is 5.41 Å². The Labute approximate surface area is 148 Å². The van der Waals surface area contributed by atoms with E-state index in [1.165, 1.54) is 50.1 Å². The molecule has 0 aliphatic heterocycles. The van der Waals surface area contributed by atoms with Crippen molar-refractivity contribution in [1.29, 1.82) is 0 Å². The van der Waals surface area contributed by atoms with Crippen LogP contribution in [0.15, 0.2) is 48.1 Å². The topological polar surface area (TPSA) is 0 Å². The van der Waals surface area contributed by atoms with Gasteiger partial charge in [-0.15, -0.1) is 0 Å². The second-order valence-electron chi connectivity index (χ2n) is 8.29. The Kier molecular flexibility index (Phi) is 5.08. The van der Waals surface area contributed by atoms with Crippen LogP contribution in [0.4, 0.5) is 0 Å². The molecule has 0 fully saturated rings. The van der Waals surface area contributed by atoms with Gasteiger partial charge in [0.2, 0.25) is 0 Å². The minimum Gasteiger partial charge on any atom is -0.0998 e. The average molecular weight is 321 g/mol. The molecule has 1 aromatic rings. The fourth-order valence-corrected chi connectivity index (χ4v) is 3.87. The van der Waals surface area contributed by atoms with Gasteiger partial charge in [0.05, 0.1) is 0 Å². The molecule has 0 spiro atoms. The van der Waals surface area contributed by atoms with Gasteiger partial charge in [-0.1, -0.05) is 51.6 Å². The van der Waals surface area contributed by atoms with E-state index in [4.69, 9.17) is 0 Å². The Morgan fingerprint density at radius 3 is 2.33 bits per heavy atom. The van der Waals surface area contributed by atoms with E-state index in [0.717, 1.165) is 12.8 Å². The molecule has 0 N–H and O–H groups in total. The molecule has 0 aromatic heterocycles. The first-order valence-corrected chi connectivity index (χ1v) is 8.89. The van der Waals surface area contributed by atoms with E-state index < -0.39 is 0 Å². The molecule has 1 aromatic carbocycles. The summed E-state index contributed by atoms with van der Waals surface area (Å²) in [6.45, 7) is 24.0. The fourth-order valence-electron chi connectivity index (χ4n) is 3.87. The van der Waals surface area contributed by atoms with E-state index in [1.54, 1.807) is 0 Å². The van der Waals surface area contributed by atoms with Gasteiger partial charge >= 0.3 is 0 Å². The van der Waals surface area contributed by atoms with Crippen LogP contribution in [-0.4, -0.2) is 0 Å². The van der Waals surface area contributed by atoms with Crippen molar-refractivity contribution in [3.8, 4) is 0 Å². The van der Waals surface area contributed by atoms with Gasteiger partial charge in [-0.3, -0.25) is 0 Å². The highest BCUT2D eigenvalue weighted by atomic mass is 14.3.